The predicted octanol–water partition coefficient (Wildman–Crippen LogP) is 1.70. The maximum absolute atomic E-state index is 10.9. The van der Waals surface area contributed by atoms with Gasteiger partial charge >= 0.3 is 0 Å². The zero-order valence-corrected chi connectivity index (χ0v) is 13.2. The van der Waals surface area contributed by atoms with E-state index in [1.165, 1.54) is 0 Å². The van der Waals surface area contributed by atoms with Crippen LogP contribution in [-0.2, 0) is 0 Å². The molecule has 1 fully saturated rings. The van der Waals surface area contributed by atoms with Crippen molar-refractivity contribution in [2.24, 2.45) is 0 Å². The Balaban J connectivity index is 1.75. The van der Waals surface area contributed by atoms with Gasteiger partial charge in [0.1, 0.15) is 0 Å². The standard InChI is InChI=1S/C18H21NO4/c1-10-7-18-3-2-4-19(18)8-13(20)11-5-14-15(23-9-22-14)6-12(11)16(18)17(10)21/h5-7,13,16-17,20-21H,2-4,8-9H2,1H3/t13?,16-,17-,18+/m1/s1. The van der Waals surface area contributed by atoms with Crippen LogP contribution in [0.25, 0.3) is 0 Å². The molecule has 23 heavy (non-hydrogen) atoms. The van der Waals surface area contributed by atoms with Crippen LogP contribution in [0.15, 0.2) is 23.8 Å². The zero-order chi connectivity index (χ0) is 15.8. The Bertz CT molecular complexity index is 715. The van der Waals surface area contributed by atoms with E-state index in [0.29, 0.717) is 18.0 Å². The fourth-order valence-corrected chi connectivity index (χ4v) is 5.08. The first-order valence-corrected chi connectivity index (χ1v) is 8.34. The SMILES string of the molecule is CC1=C[C@]23CCCN2CC(O)c2cc4c(cc2[C@@H]3[C@@H]1O)OCO4. The van der Waals surface area contributed by atoms with Crippen molar-refractivity contribution in [2.75, 3.05) is 19.9 Å². The highest BCUT2D eigenvalue weighted by molar-refractivity contribution is 5.55. The van der Waals surface area contributed by atoms with Gasteiger partial charge in [0, 0.05) is 18.0 Å². The molecule has 1 aromatic carbocycles. The molecule has 0 radical (unpaired) electrons. The number of benzene rings is 1. The van der Waals surface area contributed by atoms with Gasteiger partial charge in [-0.3, -0.25) is 4.90 Å². The lowest BCUT2D eigenvalue weighted by atomic mass is 9.77. The molecule has 4 atom stereocenters. The van der Waals surface area contributed by atoms with Gasteiger partial charge in [-0.05, 0) is 55.1 Å². The van der Waals surface area contributed by atoms with Crippen molar-refractivity contribution < 1.29 is 19.7 Å². The summed E-state index contributed by atoms with van der Waals surface area (Å²) >= 11 is 0. The van der Waals surface area contributed by atoms with E-state index in [0.717, 1.165) is 36.1 Å². The van der Waals surface area contributed by atoms with E-state index in [2.05, 4.69) is 11.0 Å². The van der Waals surface area contributed by atoms with Crippen molar-refractivity contribution in [3.8, 4) is 11.5 Å². The third-order valence-electron chi connectivity index (χ3n) is 6.06. The van der Waals surface area contributed by atoms with E-state index in [1.54, 1.807) is 0 Å². The van der Waals surface area contributed by atoms with Gasteiger partial charge in [-0.2, -0.15) is 0 Å². The second-order valence-corrected chi connectivity index (χ2v) is 7.20. The monoisotopic (exact) mass is 315 g/mol. The van der Waals surface area contributed by atoms with Gasteiger partial charge in [0.2, 0.25) is 6.79 Å². The number of fused-ring (bicyclic) bond motifs is 3. The lowest BCUT2D eigenvalue weighted by Gasteiger charge is -2.39. The molecule has 1 unspecified atom stereocenters. The van der Waals surface area contributed by atoms with Crippen LogP contribution in [0.4, 0.5) is 0 Å². The van der Waals surface area contributed by atoms with Crippen LogP contribution >= 0.6 is 0 Å². The molecule has 3 aliphatic heterocycles. The molecule has 3 heterocycles. The molecule has 1 aromatic rings. The summed E-state index contributed by atoms with van der Waals surface area (Å²) in [7, 11) is 0. The number of rotatable bonds is 0. The molecule has 0 bridgehead atoms. The predicted molar refractivity (Wildman–Crippen MR) is 83.6 cm³/mol. The molecule has 122 valence electrons. The maximum Gasteiger partial charge on any atom is 0.231 e. The highest BCUT2D eigenvalue weighted by Crippen LogP contribution is 2.55. The van der Waals surface area contributed by atoms with E-state index < -0.39 is 12.2 Å². The minimum atomic E-state index is -0.569. The highest BCUT2D eigenvalue weighted by Gasteiger charge is 2.55. The molecule has 0 saturated carbocycles. The first-order chi connectivity index (χ1) is 11.1. The van der Waals surface area contributed by atoms with Crippen molar-refractivity contribution in [3.63, 3.8) is 0 Å². The molecule has 0 aromatic heterocycles. The summed E-state index contributed by atoms with van der Waals surface area (Å²) in [5, 5.41) is 21.7. The maximum atomic E-state index is 10.9. The average Bonchev–Trinajstić information content (AvgIpc) is 3.17. The Morgan fingerprint density at radius 1 is 1.17 bits per heavy atom. The summed E-state index contributed by atoms with van der Waals surface area (Å²) in [6.07, 6.45) is 3.27. The fraction of sp³-hybridized carbons (Fsp3) is 0.556. The van der Waals surface area contributed by atoms with Crippen LogP contribution in [0.1, 0.15) is 42.9 Å². The summed E-state index contributed by atoms with van der Waals surface area (Å²) in [4.78, 5) is 2.36. The second kappa shape index (κ2) is 4.50. The zero-order valence-electron chi connectivity index (χ0n) is 13.2. The van der Waals surface area contributed by atoms with Gasteiger partial charge in [-0.1, -0.05) is 6.08 Å². The quantitative estimate of drug-likeness (QED) is 0.714. The van der Waals surface area contributed by atoms with Crippen LogP contribution in [0.3, 0.4) is 0 Å². The molecule has 5 heteroatoms. The number of hydrogen-bond acceptors (Lipinski definition) is 5. The van der Waals surface area contributed by atoms with E-state index >= 15 is 0 Å². The number of nitrogens with zero attached hydrogens (tertiary/aromatic N) is 1. The summed E-state index contributed by atoms with van der Waals surface area (Å²) in [5.41, 5.74) is 2.73. The molecule has 2 N–H and O–H groups in total. The fourth-order valence-electron chi connectivity index (χ4n) is 5.08. The number of aliphatic hydroxyl groups is 2. The van der Waals surface area contributed by atoms with Crippen molar-refractivity contribution in [1.82, 2.24) is 4.90 Å². The number of aliphatic hydroxyl groups excluding tert-OH is 2. The molecule has 5 rings (SSSR count). The van der Waals surface area contributed by atoms with Crippen LogP contribution in [0.5, 0.6) is 11.5 Å². The summed E-state index contributed by atoms with van der Waals surface area (Å²) in [6.45, 7) is 3.79. The molecule has 5 nitrogen and oxygen atoms in total. The normalized spacial score (nSPS) is 37.9. The van der Waals surface area contributed by atoms with Crippen LogP contribution in [-0.4, -0.2) is 46.6 Å². The van der Waals surface area contributed by atoms with Crippen LogP contribution < -0.4 is 9.47 Å². The largest absolute Gasteiger partial charge is 0.454 e. The minimum Gasteiger partial charge on any atom is -0.454 e. The summed E-state index contributed by atoms with van der Waals surface area (Å²) in [6, 6.07) is 3.88. The Labute approximate surface area is 135 Å². The second-order valence-electron chi connectivity index (χ2n) is 7.20. The van der Waals surface area contributed by atoms with Crippen LogP contribution in [0, 0.1) is 0 Å². The highest BCUT2D eigenvalue weighted by atomic mass is 16.7. The number of β-amino-alcohol motifs (C(OH)–C–C–N with tert-alkyl or cyclic N) is 1. The van der Waals surface area contributed by atoms with E-state index in [1.807, 2.05) is 19.1 Å². The Morgan fingerprint density at radius 3 is 2.70 bits per heavy atom. The van der Waals surface area contributed by atoms with Gasteiger partial charge < -0.3 is 19.7 Å². The van der Waals surface area contributed by atoms with Gasteiger partial charge in [0.15, 0.2) is 11.5 Å². The third kappa shape index (κ3) is 1.67. The Morgan fingerprint density at radius 2 is 1.91 bits per heavy atom. The Hall–Kier alpha value is -1.56. The Kier molecular flexibility index (Phi) is 2.71. The molecular weight excluding hydrogens is 294 g/mol. The van der Waals surface area contributed by atoms with Crippen molar-refractivity contribution in [2.45, 2.75) is 43.4 Å². The average molecular weight is 315 g/mol. The number of ether oxygens (including phenoxy) is 2. The van der Waals surface area contributed by atoms with Crippen molar-refractivity contribution in [3.05, 3.63) is 34.9 Å². The lowest BCUT2D eigenvalue weighted by Crippen LogP contribution is -2.47. The molecule has 0 amide bonds. The van der Waals surface area contributed by atoms with Crippen molar-refractivity contribution >= 4 is 0 Å². The summed E-state index contributed by atoms with van der Waals surface area (Å²) in [5.74, 6) is 1.36. The topological polar surface area (TPSA) is 62.2 Å². The lowest BCUT2D eigenvalue weighted by molar-refractivity contribution is 0.0659. The summed E-state index contributed by atoms with van der Waals surface area (Å²) < 4.78 is 11.0. The van der Waals surface area contributed by atoms with Gasteiger partial charge in [0.25, 0.3) is 0 Å². The smallest absolute Gasteiger partial charge is 0.231 e. The van der Waals surface area contributed by atoms with E-state index in [4.69, 9.17) is 9.47 Å². The van der Waals surface area contributed by atoms with Gasteiger partial charge in [-0.25, -0.2) is 0 Å². The van der Waals surface area contributed by atoms with Gasteiger partial charge in [-0.15, -0.1) is 0 Å². The molecule has 1 spiro atoms. The first kappa shape index (κ1) is 13.8. The third-order valence-corrected chi connectivity index (χ3v) is 6.06. The molecular formula is C18H21NO4. The van der Waals surface area contributed by atoms with E-state index in [-0.39, 0.29) is 18.2 Å². The van der Waals surface area contributed by atoms with Crippen molar-refractivity contribution in [1.29, 1.82) is 0 Å². The first-order valence-electron chi connectivity index (χ1n) is 8.34. The molecule has 4 aliphatic rings. The van der Waals surface area contributed by atoms with Crippen LogP contribution in [0.2, 0.25) is 0 Å². The molecule has 1 saturated heterocycles. The van der Waals surface area contributed by atoms with Gasteiger partial charge in [0.05, 0.1) is 12.2 Å². The van der Waals surface area contributed by atoms with E-state index in [9.17, 15) is 10.2 Å². The molecule has 1 aliphatic carbocycles. The minimum absolute atomic E-state index is 0.0494. The number of hydrogen-bond donors (Lipinski definition) is 2.